The lowest BCUT2D eigenvalue weighted by molar-refractivity contribution is 0.373. The molecule has 1 aliphatic heterocycles. The molecule has 8 heteroatoms. The lowest BCUT2D eigenvalue weighted by Gasteiger charge is -2.37. The number of aliphatic imine (C=N–C) groups is 1. The molecule has 3 aromatic rings. The van der Waals surface area contributed by atoms with Crippen LogP contribution in [0.2, 0.25) is 0 Å². The van der Waals surface area contributed by atoms with Crippen LogP contribution in [-0.2, 0) is 13.0 Å². The van der Waals surface area contributed by atoms with Crippen LogP contribution in [0.3, 0.4) is 0 Å². The average Bonchev–Trinajstić information content (AvgIpc) is 3.47. The molecule has 0 saturated carbocycles. The van der Waals surface area contributed by atoms with Crippen LogP contribution >= 0.6 is 35.3 Å². The molecule has 1 aliphatic rings. The second-order valence-corrected chi connectivity index (χ2v) is 8.29. The van der Waals surface area contributed by atoms with E-state index in [0.29, 0.717) is 0 Å². The Balaban J connectivity index is 0.00000272. The van der Waals surface area contributed by atoms with Crippen molar-refractivity contribution in [2.75, 3.05) is 44.2 Å². The van der Waals surface area contributed by atoms with Crippen molar-refractivity contribution in [1.82, 2.24) is 19.8 Å². The summed E-state index contributed by atoms with van der Waals surface area (Å²) in [5, 5.41) is 6.98. The number of nitrogens with one attached hydrogen (secondary N) is 1. The standard InChI is InChI=1S/C23H30N6S.HI/c1-2-24-23(28-16-14-27(15-17-28)22-9-6-18-30-22)26-11-10-21-25-12-13-29(21)19-20-7-4-3-5-8-20;/h3-9,12-13,18H,2,10-11,14-17,19H2,1H3,(H,24,26);1H. The largest absolute Gasteiger partial charge is 0.360 e. The Morgan fingerprint density at radius 1 is 1.10 bits per heavy atom. The number of halogens is 1. The maximum atomic E-state index is 4.91. The number of benzene rings is 1. The zero-order valence-electron chi connectivity index (χ0n) is 18.0. The summed E-state index contributed by atoms with van der Waals surface area (Å²) in [6, 6.07) is 14.8. The van der Waals surface area contributed by atoms with Crippen molar-refractivity contribution in [3.63, 3.8) is 0 Å². The zero-order valence-corrected chi connectivity index (χ0v) is 21.1. The van der Waals surface area contributed by atoms with Crippen LogP contribution in [-0.4, -0.2) is 59.7 Å². The van der Waals surface area contributed by atoms with Crippen LogP contribution in [0.1, 0.15) is 18.3 Å². The monoisotopic (exact) mass is 550 g/mol. The van der Waals surface area contributed by atoms with Crippen molar-refractivity contribution in [2.24, 2.45) is 4.99 Å². The second-order valence-electron chi connectivity index (χ2n) is 7.37. The highest BCUT2D eigenvalue weighted by Gasteiger charge is 2.20. The highest BCUT2D eigenvalue weighted by atomic mass is 127. The predicted molar refractivity (Wildman–Crippen MR) is 141 cm³/mol. The first-order valence-electron chi connectivity index (χ1n) is 10.7. The summed E-state index contributed by atoms with van der Waals surface area (Å²) in [5.74, 6) is 2.10. The van der Waals surface area contributed by atoms with Gasteiger partial charge in [0.2, 0.25) is 0 Å². The fourth-order valence-corrected chi connectivity index (χ4v) is 4.55. The molecule has 0 spiro atoms. The zero-order chi connectivity index (χ0) is 20.6. The third-order valence-corrected chi connectivity index (χ3v) is 6.26. The Morgan fingerprint density at radius 2 is 1.90 bits per heavy atom. The molecule has 3 heterocycles. The molecule has 0 amide bonds. The van der Waals surface area contributed by atoms with Gasteiger partial charge in [0.25, 0.3) is 0 Å². The first kappa shape index (κ1) is 23.6. The fraction of sp³-hybridized carbons (Fsp3) is 0.391. The van der Waals surface area contributed by atoms with Gasteiger partial charge in [-0.25, -0.2) is 4.98 Å². The van der Waals surface area contributed by atoms with Gasteiger partial charge < -0.3 is 19.7 Å². The summed E-state index contributed by atoms with van der Waals surface area (Å²) in [6.07, 6.45) is 4.78. The lowest BCUT2D eigenvalue weighted by atomic mass is 10.2. The second kappa shape index (κ2) is 12.1. The number of hydrogen-bond acceptors (Lipinski definition) is 4. The summed E-state index contributed by atoms with van der Waals surface area (Å²) in [6.45, 7) is 8.65. The van der Waals surface area contributed by atoms with E-state index in [4.69, 9.17) is 4.99 Å². The van der Waals surface area contributed by atoms with Crippen molar-refractivity contribution in [3.8, 4) is 0 Å². The quantitative estimate of drug-likeness (QED) is 0.275. The summed E-state index contributed by atoms with van der Waals surface area (Å²) in [4.78, 5) is 14.3. The fourth-order valence-electron chi connectivity index (χ4n) is 3.77. The number of nitrogens with zero attached hydrogens (tertiary/aromatic N) is 5. The van der Waals surface area contributed by atoms with Crippen molar-refractivity contribution in [3.05, 3.63) is 71.6 Å². The number of hydrogen-bond donors (Lipinski definition) is 1. The molecule has 31 heavy (non-hydrogen) atoms. The molecule has 0 radical (unpaired) electrons. The van der Waals surface area contributed by atoms with Gasteiger partial charge in [-0.15, -0.1) is 35.3 Å². The van der Waals surface area contributed by atoms with Crippen molar-refractivity contribution in [1.29, 1.82) is 0 Å². The molecule has 1 N–H and O–H groups in total. The van der Waals surface area contributed by atoms with Gasteiger partial charge in [-0.3, -0.25) is 4.99 Å². The van der Waals surface area contributed by atoms with E-state index in [9.17, 15) is 0 Å². The van der Waals surface area contributed by atoms with Crippen molar-refractivity contribution < 1.29 is 0 Å². The van der Waals surface area contributed by atoms with E-state index >= 15 is 0 Å². The molecule has 0 bridgehead atoms. The Hall–Kier alpha value is -2.07. The number of thiophene rings is 1. The predicted octanol–water partition coefficient (Wildman–Crippen LogP) is 3.94. The maximum Gasteiger partial charge on any atom is 0.194 e. The van der Waals surface area contributed by atoms with E-state index in [1.807, 2.05) is 17.5 Å². The van der Waals surface area contributed by atoms with Gasteiger partial charge in [-0.2, -0.15) is 0 Å². The number of imidazole rings is 1. The molecule has 0 atom stereocenters. The van der Waals surface area contributed by atoms with Crippen LogP contribution in [0.15, 0.2) is 65.2 Å². The minimum absolute atomic E-state index is 0. The van der Waals surface area contributed by atoms with Gasteiger partial charge in [0.15, 0.2) is 5.96 Å². The van der Waals surface area contributed by atoms with Crippen LogP contribution in [0.4, 0.5) is 5.00 Å². The smallest absolute Gasteiger partial charge is 0.194 e. The highest BCUT2D eigenvalue weighted by molar-refractivity contribution is 14.0. The molecule has 0 unspecified atom stereocenters. The normalized spacial score (nSPS) is 14.4. The molecule has 1 saturated heterocycles. The third kappa shape index (κ3) is 6.46. The van der Waals surface area contributed by atoms with Crippen LogP contribution in [0, 0.1) is 0 Å². The molecule has 1 aromatic carbocycles. The first-order valence-corrected chi connectivity index (χ1v) is 11.6. The Labute approximate surface area is 206 Å². The number of rotatable bonds is 7. The SMILES string of the molecule is CCNC(=NCCc1nccn1Cc1ccccc1)N1CCN(c2cccs2)CC1.I. The average molecular weight is 551 g/mol. The van der Waals surface area contributed by atoms with Gasteiger partial charge in [0, 0.05) is 64.6 Å². The van der Waals surface area contributed by atoms with Gasteiger partial charge >= 0.3 is 0 Å². The van der Waals surface area contributed by atoms with E-state index in [1.165, 1.54) is 10.6 Å². The number of piperazine rings is 1. The Kier molecular flexibility index (Phi) is 9.20. The van der Waals surface area contributed by atoms with Crippen LogP contribution in [0.5, 0.6) is 0 Å². The molecule has 166 valence electrons. The molecular formula is C23H31IN6S. The van der Waals surface area contributed by atoms with Gasteiger partial charge in [0.1, 0.15) is 5.82 Å². The van der Waals surface area contributed by atoms with E-state index < -0.39 is 0 Å². The highest BCUT2D eigenvalue weighted by Crippen LogP contribution is 2.22. The van der Waals surface area contributed by atoms with E-state index in [1.54, 1.807) is 0 Å². The summed E-state index contributed by atoms with van der Waals surface area (Å²) in [7, 11) is 0. The third-order valence-electron chi connectivity index (χ3n) is 5.33. The first-order chi connectivity index (χ1) is 14.8. The molecule has 4 rings (SSSR count). The molecule has 0 aliphatic carbocycles. The summed E-state index contributed by atoms with van der Waals surface area (Å²) < 4.78 is 2.22. The number of anilines is 1. The van der Waals surface area contributed by atoms with Gasteiger partial charge in [0.05, 0.1) is 5.00 Å². The minimum atomic E-state index is 0. The molecule has 6 nitrogen and oxygen atoms in total. The molecule has 1 fully saturated rings. The maximum absolute atomic E-state index is 4.91. The van der Waals surface area contributed by atoms with Crippen molar-refractivity contribution in [2.45, 2.75) is 19.9 Å². The minimum Gasteiger partial charge on any atom is -0.360 e. The van der Waals surface area contributed by atoms with E-state index in [2.05, 4.69) is 85.6 Å². The number of guanidine groups is 1. The number of aromatic nitrogens is 2. The van der Waals surface area contributed by atoms with Gasteiger partial charge in [-0.05, 0) is 30.0 Å². The molecular weight excluding hydrogens is 519 g/mol. The lowest BCUT2D eigenvalue weighted by Crippen LogP contribution is -2.52. The molecule has 2 aromatic heterocycles. The van der Waals surface area contributed by atoms with E-state index in [0.717, 1.165) is 64.0 Å². The van der Waals surface area contributed by atoms with Crippen LogP contribution in [0.25, 0.3) is 0 Å². The van der Waals surface area contributed by atoms with Crippen LogP contribution < -0.4 is 10.2 Å². The summed E-state index contributed by atoms with van der Waals surface area (Å²) in [5.41, 5.74) is 1.29. The topological polar surface area (TPSA) is 48.7 Å². The van der Waals surface area contributed by atoms with E-state index in [-0.39, 0.29) is 24.0 Å². The van der Waals surface area contributed by atoms with Gasteiger partial charge in [-0.1, -0.05) is 30.3 Å². The Morgan fingerprint density at radius 3 is 2.61 bits per heavy atom. The van der Waals surface area contributed by atoms with Crippen molar-refractivity contribution >= 4 is 46.3 Å². The Bertz CT molecular complexity index is 917. The summed E-state index contributed by atoms with van der Waals surface area (Å²) >= 11 is 1.82.